The van der Waals surface area contributed by atoms with Gasteiger partial charge in [-0.25, -0.2) is 8.42 Å². The molecule has 2 aromatic rings. The van der Waals surface area contributed by atoms with Crippen molar-refractivity contribution in [2.24, 2.45) is 5.18 Å². The first-order chi connectivity index (χ1) is 10.9. The average Bonchev–Trinajstić information content (AvgIpc) is 2.60. The highest BCUT2D eigenvalue weighted by Crippen LogP contribution is 2.14. The molecule has 0 fully saturated rings. The number of carbonyl (C=O) groups excluding carboxylic acids is 2. The second-order valence-corrected chi connectivity index (χ2v) is 6.89. The molecule has 0 aromatic heterocycles. The smallest absolute Gasteiger partial charge is 0.294 e. The maximum atomic E-state index is 12.1. The number of amides is 1. The van der Waals surface area contributed by atoms with Crippen LogP contribution in [-0.2, 0) is 9.84 Å². The Kier molecular flexibility index (Phi) is 5.13. The number of sulfone groups is 1. The van der Waals surface area contributed by atoms with Crippen LogP contribution in [0.2, 0.25) is 0 Å². The molecule has 6 nitrogen and oxygen atoms in total. The van der Waals surface area contributed by atoms with Crippen molar-refractivity contribution in [3.63, 3.8) is 0 Å². The molecule has 0 aliphatic rings. The van der Waals surface area contributed by atoms with Crippen LogP contribution in [0.4, 0.5) is 0 Å². The van der Waals surface area contributed by atoms with Gasteiger partial charge in [-0.1, -0.05) is 30.3 Å². The molecule has 0 bridgehead atoms. The molecule has 0 saturated heterocycles. The number of Topliss-reactive ketones (excluding diaryl/α,β-unsaturated/α-hetero) is 1. The second-order valence-electron chi connectivity index (χ2n) is 4.78. The molecular formula is C16H13NO5S. The van der Waals surface area contributed by atoms with Crippen LogP contribution in [0.25, 0.3) is 0 Å². The van der Waals surface area contributed by atoms with Crippen molar-refractivity contribution in [2.75, 3.05) is 5.75 Å². The summed E-state index contributed by atoms with van der Waals surface area (Å²) >= 11 is 0. The lowest BCUT2D eigenvalue weighted by Crippen LogP contribution is -2.11. The molecule has 0 heterocycles. The highest BCUT2D eigenvalue weighted by molar-refractivity contribution is 7.91. The third-order valence-corrected chi connectivity index (χ3v) is 4.97. The van der Waals surface area contributed by atoms with Gasteiger partial charge >= 0.3 is 5.91 Å². The molecule has 0 unspecified atom stereocenters. The molecule has 0 spiro atoms. The summed E-state index contributed by atoms with van der Waals surface area (Å²) in [6, 6.07) is 13.3. The van der Waals surface area contributed by atoms with E-state index in [1.165, 1.54) is 36.4 Å². The number of rotatable bonds is 6. The van der Waals surface area contributed by atoms with E-state index >= 15 is 0 Å². The Morgan fingerprint density at radius 3 is 2.00 bits per heavy atom. The third kappa shape index (κ3) is 4.17. The van der Waals surface area contributed by atoms with Gasteiger partial charge in [0.2, 0.25) is 0 Å². The Morgan fingerprint density at radius 1 is 0.870 bits per heavy atom. The summed E-state index contributed by atoms with van der Waals surface area (Å²) in [6.45, 7) is 0. The van der Waals surface area contributed by atoms with E-state index in [0.29, 0.717) is 0 Å². The second kappa shape index (κ2) is 7.06. The Balaban J connectivity index is 2.05. The molecule has 118 valence electrons. The summed E-state index contributed by atoms with van der Waals surface area (Å²) in [7, 11) is -3.52. The monoisotopic (exact) mass is 331 g/mol. The zero-order valence-electron chi connectivity index (χ0n) is 12.0. The zero-order valence-corrected chi connectivity index (χ0v) is 12.8. The van der Waals surface area contributed by atoms with Crippen molar-refractivity contribution in [1.82, 2.24) is 0 Å². The number of carbonyl (C=O) groups is 2. The number of hydrogen-bond acceptors (Lipinski definition) is 5. The fourth-order valence-electron chi connectivity index (χ4n) is 1.97. The maximum Gasteiger partial charge on any atom is 0.316 e. The van der Waals surface area contributed by atoms with E-state index in [4.69, 9.17) is 0 Å². The van der Waals surface area contributed by atoms with Gasteiger partial charge in [-0.2, -0.15) is 0 Å². The first kappa shape index (κ1) is 16.7. The molecule has 7 heteroatoms. The molecule has 0 aliphatic carbocycles. The van der Waals surface area contributed by atoms with Crippen molar-refractivity contribution in [1.29, 1.82) is 0 Å². The zero-order chi connectivity index (χ0) is 16.9. The summed E-state index contributed by atoms with van der Waals surface area (Å²) < 4.78 is 24.2. The highest BCUT2D eigenvalue weighted by Gasteiger charge is 2.17. The first-order valence-corrected chi connectivity index (χ1v) is 8.38. The van der Waals surface area contributed by atoms with Crippen LogP contribution in [-0.4, -0.2) is 25.9 Å². The maximum absolute atomic E-state index is 12.1. The highest BCUT2D eigenvalue weighted by atomic mass is 32.2. The molecular weight excluding hydrogens is 318 g/mol. The summed E-state index contributed by atoms with van der Waals surface area (Å²) in [5.41, 5.74) is 0.351. The van der Waals surface area contributed by atoms with Gasteiger partial charge in [-0.05, 0) is 24.3 Å². The summed E-state index contributed by atoms with van der Waals surface area (Å²) in [4.78, 5) is 33.4. The van der Waals surface area contributed by atoms with Crippen LogP contribution in [0.3, 0.4) is 0 Å². The fraction of sp³-hybridized carbons (Fsp3) is 0.125. The van der Waals surface area contributed by atoms with Crippen LogP contribution in [0.1, 0.15) is 27.1 Å². The van der Waals surface area contributed by atoms with Crippen molar-refractivity contribution >= 4 is 21.5 Å². The van der Waals surface area contributed by atoms with Gasteiger partial charge < -0.3 is 0 Å². The average molecular weight is 331 g/mol. The molecule has 2 aromatic carbocycles. The normalized spacial score (nSPS) is 11.0. The van der Waals surface area contributed by atoms with E-state index in [1.54, 1.807) is 18.2 Å². The molecule has 0 atom stereocenters. The molecule has 23 heavy (non-hydrogen) atoms. The third-order valence-electron chi connectivity index (χ3n) is 3.24. The quantitative estimate of drug-likeness (QED) is 0.598. The molecule has 0 N–H and O–H groups in total. The van der Waals surface area contributed by atoms with Crippen LogP contribution < -0.4 is 0 Å². The van der Waals surface area contributed by atoms with Crippen LogP contribution >= 0.6 is 0 Å². The van der Waals surface area contributed by atoms with E-state index in [2.05, 4.69) is 5.18 Å². The summed E-state index contributed by atoms with van der Waals surface area (Å²) in [5, 5.41) is 2.28. The Bertz CT molecular complexity index is 827. The Labute approximate surface area is 133 Å². The predicted octanol–water partition coefficient (Wildman–Crippen LogP) is 2.64. The largest absolute Gasteiger partial charge is 0.316 e. The lowest BCUT2D eigenvalue weighted by Gasteiger charge is -2.04. The fourth-order valence-corrected chi connectivity index (χ4v) is 3.23. The Hall–Kier alpha value is -2.67. The van der Waals surface area contributed by atoms with E-state index in [9.17, 15) is 22.9 Å². The van der Waals surface area contributed by atoms with Crippen molar-refractivity contribution in [2.45, 2.75) is 11.3 Å². The number of nitroso groups, excluding NO2 is 1. The van der Waals surface area contributed by atoms with Crippen LogP contribution in [0, 0.1) is 4.91 Å². The number of ketones is 1. The minimum absolute atomic E-state index is 0.0773. The van der Waals surface area contributed by atoms with Gasteiger partial charge in [0.1, 0.15) is 0 Å². The molecule has 1 amide bonds. The van der Waals surface area contributed by atoms with Crippen molar-refractivity contribution < 1.29 is 18.0 Å². The van der Waals surface area contributed by atoms with Crippen LogP contribution in [0.15, 0.2) is 64.7 Å². The van der Waals surface area contributed by atoms with Crippen LogP contribution in [0.5, 0.6) is 0 Å². The SMILES string of the molecule is O=NC(=O)c1ccc(C(=O)CCS(=O)(=O)c2ccccc2)cc1. The van der Waals surface area contributed by atoms with Crippen molar-refractivity contribution in [3.8, 4) is 0 Å². The topological polar surface area (TPSA) is 97.7 Å². The van der Waals surface area contributed by atoms with Gasteiger partial charge in [-0.15, -0.1) is 4.91 Å². The standard InChI is InChI=1S/C16H13NO5S/c18-15(12-6-8-13(9-7-12)16(19)17-20)10-11-23(21,22)14-4-2-1-3-5-14/h1-9H,10-11H2. The molecule has 2 rings (SSSR count). The van der Waals surface area contributed by atoms with Gasteiger partial charge in [0, 0.05) is 22.7 Å². The van der Waals surface area contributed by atoms with Gasteiger partial charge in [0.25, 0.3) is 0 Å². The predicted molar refractivity (Wildman–Crippen MR) is 84.0 cm³/mol. The molecule has 0 saturated carbocycles. The van der Waals surface area contributed by atoms with Crippen molar-refractivity contribution in [3.05, 3.63) is 70.6 Å². The first-order valence-electron chi connectivity index (χ1n) is 6.73. The lowest BCUT2D eigenvalue weighted by atomic mass is 10.1. The van der Waals surface area contributed by atoms with Gasteiger partial charge in [0.15, 0.2) is 15.6 Å². The van der Waals surface area contributed by atoms with E-state index in [0.717, 1.165) is 0 Å². The van der Waals surface area contributed by atoms with E-state index < -0.39 is 15.7 Å². The number of hydrogen-bond donors (Lipinski definition) is 0. The number of benzene rings is 2. The number of nitrogens with zero attached hydrogens (tertiary/aromatic N) is 1. The van der Waals surface area contributed by atoms with E-state index in [-0.39, 0.29) is 34.0 Å². The Morgan fingerprint density at radius 2 is 1.43 bits per heavy atom. The summed E-state index contributed by atoms with van der Waals surface area (Å²) in [6.07, 6.45) is -0.170. The van der Waals surface area contributed by atoms with Gasteiger partial charge in [0.05, 0.1) is 10.6 Å². The van der Waals surface area contributed by atoms with E-state index in [1.807, 2.05) is 0 Å². The molecule has 0 aliphatic heterocycles. The molecule has 0 radical (unpaired) electrons. The summed E-state index contributed by atoms with van der Waals surface area (Å²) in [5.74, 6) is -1.58. The minimum Gasteiger partial charge on any atom is -0.294 e. The van der Waals surface area contributed by atoms with Gasteiger partial charge in [-0.3, -0.25) is 9.59 Å². The minimum atomic E-state index is -3.52. The lowest BCUT2D eigenvalue weighted by molar-refractivity contribution is 0.0982.